The van der Waals surface area contributed by atoms with E-state index in [0.717, 1.165) is 6.07 Å². The van der Waals surface area contributed by atoms with Crippen LogP contribution in [0, 0.1) is 5.41 Å². The van der Waals surface area contributed by atoms with Crippen LogP contribution in [-0.2, 0) is 4.79 Å². The van der Waals surface area contributed by atoms with E-state index in [-0.39, 0.29) is 28.3 Å². The van der Waals surface area contributed by atoms with Crippen molar-refractivity contribution >= 4 is 35.1 Å². The quantitative estimate of drug-likeness (QED) is 0.625. The van der Waals surface area contributed by atoms with Crippen LogP contribution in [0.5, 0.6) is 0 Å². The van der Waals surface area contributed by atoms with E-state index in [1.165, 1.54) is 24.3 Å². The largest absolute Gasteiger partial charge is 0.478 e. The van der Waals surface area contributed by atoms with Crippen molar-refractivity contribution in [1.82, 2.24) is 0 Å². The van der Waals surface area contributed by atoms with Gasteiger partial charge in [-0.1, -0.05) is 20.8 Å². The van der Waals surface area contributed by atoms with Crippen LogP contribution in [0.15, 0.2) is 42.5 Å². The molecule has 0 radical (unpaired) electrons. The maximum atomic E-state index is 12.4. The molecule has 2 amide bonds. The van der Waals surface area contributed by atoms with Gasteiger partial charge in [-0.25, -0.2) is 9.59 Å². The predicted octanol–water partition coefficient (Wildman–Crippen LogP) is 3.32. The standard InChI is InChI=1S/C20H20N2O6/c1-20(2,3)19(28)22-14-6-4-11(5-7-14)16(23)21-15-9-12(17(24)25)8-13(10-15)18(26)27/h4-10H,1-3H3,(H,21,23)(H,22,28)(H,24,25)(H,26,27). The number of carbonyl (C=O) groups is 4. The van der Waals surface area contributed by atoms with Gasteiger partial charge in [0, 0.05) is 22.4 Å². The lowest BCUT2D eigenvalue weighted by Crippen LogP contribution is -2.27. The Morgan fingerprint density at radius 3 is 1.64 bits per heavy atom. The topological polar surface area (TPSA) is 133 Å². The van der Waals surface area contributed by atoms with Gasteiger partial charge in [0.25, 0.3) is 5.91 Å². The van der Waals surface area contributed by atoms with Gasteiger partial charge in [-0.2, -0.15) is 0 Å². The molecule has 0 unspecified atom stereocenters. The molecule has 28 heavy (non-hydrogen) atoms. The van der Waals surface area contributed by atoms with Gasteiger partial charge >= 0.3 is 11.9 Å². The fourth-order valence-electron chi connectivity index (χ4n) is 2.17. The summed E-state index contributed by atoms with van der Waals surface area (Å²) in [5, 5.41) is 23.4. The van der Waals surface area contributed by atoms with Gasteiger partial charge in [-0.3, -0.25) is 9.59 Å². The average Bonchev–Trinajstić information content (AvgIpc) is 2.61. The minimum Gasteiger partial charge on any atom is -0.478 e. The maximum absolute atomic E-state index is 12.4. The van der Waals surface area contributed by atoms with Crippen molar-refractivity contribution in [3.63, 3.8) is 0 Å². The van der Waals surface area contributed by atoms with Gasteiger partial charge < -0.3 is 20.8 Å². The van der Waals surface area contributed by atoms with E-state index >= 15 is 0 Å². The number of benzene rings is 2. The molecule has 2 aromatic carbocycles. The van der Waals surface area contributed by atoms with Crippen LogP contribution >= 0.6 is 0 Å². The SMILES string of the molecule is CC(C)(C)C(=O)Nc1ccc(C(=O)Nc2cc(C(=O)O)cc(C(=O)O)c2)cc1. The molecule has 2 rings (SSSR count). The first kappa shape index (κ1) is 20.6. The average molecular weight is 384 g/mol. The van der Waals surface area contributed by atoms with E-state index in [2.05, 4.69) is 10.6 Å². The molecule has 0 aliphatic carbocycles. The highest BCUT2D eigenvalue weighted by Gasteiger charge is 2.21. The molecule has 0 spiro atoms. The van der Waals surface area contributed by atoms with Crippen LogP contribution in [0.3, 0.4) is 0 Å². The van der Waals surface area contributed by atoms with Crippen LogP contribution in [0.1, 0.15) is 51.8 Å². The molecule has 2 aromatic rings. The Balaban J connectivity index is 2.18. The molecule has 0 saturated heterocycles. The van der Waals surface area contributed by atoms with E-state index in [9.17, 15) is 19.2 Å². The van der Waals surface area contributed by atoms with Crippen molar-refractivity contribution in [2.75, 3.05) is 10.6 Å². The van der Waals surface area contributed by atoms with Gasteiger partial charge in [0.05, 0.1) is 11.1 Å². The first-order chi connectivity index (χ1) is 13.0. The van der Waals surface area contributed by atoms with Crippen molar-refractivity contribution in [3.05, 3.63) is 59.2 Å². The Labute approximate surface area is 161 Å². The fourth-order valence-corrected chi connectivity index (χ4v) is 2.17. The molecule has 8 heteroatoms. The molecule has 0 saturated carbocycles. The Bertz CT molecular complexity index is 910. The molecule has 146 valence electrons. The summed E-state index contributed by atoms with van der Waals surface area (Å²) in [6.45, 7) is 5.34. The number of carboxylic acids is 2. The monoisotopic (exact) mass is 384 g/mol. The van der Waals surface area contributed by atoms with Crippen molar-refractivity contribution < 1.29 is 29.4 Å². The van der Waals surface area contributed by atoms with Gasteiger partial charge in [0.15, 0.2) is 0 Å². The predicted molar refractivity (Wildman–Crippen MR) is 103 cm³/mol. The molecule has 0 bridgehead atoms. The first-order valence-corrected chi connectivity index (χ1v) is 8.32. The fraction of sp³-hybridized carbons (Fsp3) is 0.200. The smallest absolute Gasteiger partial charge is 0.335 e. The minimum absolute atomic E-state index is 0.0485. The molecule has 0 aliphatic rings. The number of rotatable bonds is 5. The Morgan fingerprint density at radius 2 is 1.21 bits per heavy atom. The van der Waals surface area contributed by atoms with Gasteiger partial charge in [0.1, 0.15) is 0 Å². The lowest BCUT2D eigenvalue weighted by Gasteiger charge is -2.17. The summed E-state index contributed by atoms with van der Waals surface area (Å²) in [6, 6.07) is 9.46. The highest BCUT2D eigenvalue weighted by Crippen LogP contribution is 2.19. The van der Waals surface area contributed by atoms with Crippen LogP contribution in [0.4, 0.5) is 11.4 Å². The Kier molecular flexibility index (Phi) is 5.83. The van der Waals surface area contributed by atoms with E-state index in [4.69, 9.17) is 10.2 Å². The number of carbonyl (C=O) groups excluding carboxylic acids is 2. The number of anilines is 2. The van der Waals surface area contributed by atoms with Crippen molar-refractivity contribution in [1.29, 1.82) is 0 Å². The van der Waals surface area contributed by atoms with Crippen LogP contribution in [0.25, 0.3) is 0 Å². The summed E-state index contributed by atoms with van der Waals surface area (Å²) in [6.07, 6.45) is 0. The molecule has 0 heterocycles. The second kappa shape index (κ2) is 7.91. The third-order valence-electron chi connectivity index (χ3n) is 3.77. The highest BCUT2D eigenvalue weighted by atomic mass is 16.4. The molecule has 8 nitrogen and oxygen atoms in total. The van der Waals surface area contributed by atoms with Crippen molar-refractivity contribution in [2.24, 2.45) is 5.41 Å². The van der Waals surface area contributed by atoms with E-state index in [1.54, 1.807) is 32.9 Å². The summed E-state index contributed by atoms with van der Waals surface area (Å²) in [7, 11) is 0. The molecule has 0 atom stereocenters. The normalized spacial score (nSPS) is 10.8. The highest BCUT2D eigenvalue weighted by molar-refractivity contribution is 6.06. The summed E-state index contributed by atoms with van der Waals surface area (Å²) >= 11 is 0. The molecular formula is C20H20N2O6. The van der Waals surface area contributed by atoms with Gasteiger partial charge in [-0.15, -0.1) is 0 Å². The minimum atomic E-state index is -1.31. The number of aromatic carboxylic acids is 2. The number of nitrogens with one attached hydrogen (secondary N) is 2. The second-order valence-electron chi connectivity index (χ2n) is 7.14. The molecule has 0 aromatic heterocycles. The van der Waals surface area contributed by atoms with Crippen molar-refractivity contribution in [3.8, 4) is 0 Å². The first-order valence-electron chi connectivity index (χ1n) is 8.32. The Hall–Kier alpha value is -3.68. The summed E-state index contributed by atoms with van der Waals surface area (Å²) < 4.78 is 0. The van der Waals surface area contributed by atoms with Crippen LogP contribution in [0.2, 0.25) is 0 Å². The lowest BCUT2D eigenvalue weighted by molar-refractivity contribution is -0.123. The zero-order chi connectivity index (χ0) is 21.1. The lowest BCUT2D eigenvalue weighted by atomic mass is 9.95. The maximum Gasteiger partial charge on any atom is 0.335 e. The van der Waals surface area contributed by atoms with Crippen LogP contribution < -0.4 is 10.6 Å². The third-order valence-corrected chi connectivity index (χ3v) is 3.77. The third kappa shape index (κ3) is 5.16. The van der Waals surface area contributed by atoms with Gasteiger partial charge in [0.2, 0.25) is 5.91 Å². The molecule has 0 aliphatic heterocycles. The number of amides is 2. The number of hydrogen-bond acceptors (Lipinski definition) is 4. The molecule has 4 N–H and O–H groups in total. The number of hydrogen-bond donors (Lipinski definition) is 4. The summed E-state index contributed by atoms with van der Waals surface area (Å²) in [4.78, 5) is 46.6. The summed E-state index contributed by atoms with van der Waals surface area (Å²) in [5.74, 6) is -3.33. The molecular weight excluding hydrogens is 364 g/mol. The Morgan fingerprint density at radius 1 is 0.714 bits per heavy atom. The molecule has 0 fully saturated rings. The zero-order valence-electron chi connectivity index (χ0n) is 15.6. The van der Waals surface area contributed by atoms with E-state index in [1.807, 2.05) is 0 Å². The van der Waals surface area contributed by atoms with E-state index < -0.39 is 23.3 Å². The van der Waals surface area contributed by atoms with E-state index in [0.29, 0.717) is 5.69 Å². The number of carboxylic acid groups (broad SMARTS) is 2. The van der Waals surface area contributed by atoms with Gasteiger partial charge in [-0.05, 0) is 42.5 Å². The summed E-state index contributed by atoms with van der Waals surface area (Å²) in [5.41, 5.74) is -0.241. The van der Waals surface area contributed by atoms with Crippen molar-refractivity contribution in [2.45, 2.75) is 20.8 Å². The second-order valence-corrected chi connectivity index (χ2v) is 7.14. The van der Waals surface area contributed by atoms with Crippen LogP contribution in [-0.4, -0.2) is 34.0 Å². The zero-order valence-corrected chi connectivity index (χ0v) is 15.6.